The van der Waals surface area contributed by atoms with Crippen molar-refractivity contribution in [3.05, 3.63) is 68.6 Å². The molecule has 1 saturated heterocycles. The summed E-state index contributed by atoms with van der Waals surface area (Å²) < 4.78 is 11.7. The van der Waals surface area contributed by atoms with E-state index in [2.05, 4.69) is 0 Å². The van der Waals surface area contributed by atoms with E-state index in [4.69, 9.17) is 21.7 Å². The van der Waals surface area contributed by atoms with Crippen LogP contribution in [0.15, 0.2) is 47.4 Å². The summed E-state index contributed by atoms with van der Waals surface area (Å²) in [6.45, 7) is 2.58. The van der Waals surface area contributed by atoms with Gasteiger partial charge in [0.2, 0.25) is 0 Å². The van der Waals surface area contributed by atoms with Crippen LogP contribution in [0, 0.1) is 10.1 Å². The summed E-state index contributed by atoms with van der Waals surface area (Å²) in [5.74, 6) is 0.889. The quantitative estimate of drug-likeness (QED) is 0.279. The molecule has 3 rings (SSSR count). The lowest BCUT2D eigenvalue weighted by Crippen LogP contribution is -2.27. The Labute approximate surface area is 177 Å². The fraction of sp³-hybridized carbons (Fsp3) is 0.200. The Morgan fingerprint density at radius 1 is 1.24 bits per heavy atom. The molecule has 7 nitrogen and oxygen atoms in total. The van der Waals surface area contributed by atoms with E-state index in [0.717, 1.165) is 5.56 Å². The molecule has 150 valence electrons. The van der Waals surface area contributed by atoms with E-state index in [1.54, 1.807) is 35.2 Å². The van der Waals surface area contributed by atoms with Crippen LogP contribution in [0.2, 0.25) is 0 Å². The Bertz CT molecular complexity index is 1010. The molecule has 0 N–H and O–H groups in total. The van der Waals surface area contributed by atoms with Crippen LogP contribution in [-0.4, -0.2) is 33.7 Å². The van der Waals surface area contributed by atoms with Gasteiger partial charge in [0.1, 0.15) is 10.9 Å². The summed E-state index contributed by atoms with van der Waals surface area (Å²) in [5.41, 5.74) is 1.47. The van der Waals surface area contributed by atoms with Crippen LogP contribution >= 0.6 is 24.0 Å². The number of nitro benzene ring substituents is 1. The molecule has 0 radical (unpaired) electrons. The molecular formula is C20H18N2O5S2. The van der Waals surface area contributed by atoms with Gasteiger partial charge >= 0.3 is 0 Å². The van der Waals surface area contributed by atoms with Gasteiger partial charge in [0.25, 0.3) is 11.6 Å². The lowest BCUT2D eigenvalue weighted by molar-refractivity contribution is -0.384. The number of carbonyl (C=O) groups excluding carboxylic acids is 1. The third-order valence-corrected chi connectivity index (χ3v) is 5.57. The highest BCUT2D eigenvalue weighted by Gasteiger charge is 2.30. The number of likely N-dealkylation sites (N-methyl/N-ethyl adjacent to an activating group) is 1. The first-order chi connectivity index (χ1) is 13.9. The molecular weight excluding hydrogens is 412 g/mol. The zero-order valence-electron chi connectivity index (χ0n) is 15.8. The molecule has 0 spiro atoms. The molecule has 0 aromatic heterocycles. The minimum absolute atomic E-state index is 0.0119. The Kier molecular flexibility index (Phi) is 6.50. The second-order valence-corrected chi connectivity index (χ2v) is 7.73. The first-order valence-electron chi connectivity index (χ1n) is 8.72. The molecule has 0 saturated carbocycles. The molecule has 0 bridgehead atoms. The maximum atomic E-state index is 12.4. The molecule has 1 aliphatic heterocycles. The summed E-state index contributed by atoms with van der Waals surface area (Å²) in [6, 6.07) is 11.6. The topological polar surface area (TPSA) is 81.9 Å². The summed E-state index contributed by atoms with van der Waals surface area (Å²) in [7, 11) is 1.52. The van der Waals surface area contributed by atoms with Crippen molar-refractivity contribution in [1.82, 2.24) is 4.90 Å². The number of rotatable bonds is 7. The molecule has 29 heavy (non-hydrogen) atoms. The molecule has 2 aromatic carbocycles. The first-order valence-corrected chi connectivity index (χ1v) is 9.95. The normalized spacial score (nSPS) is 15.1. The maximum Gasteiger partial charge on any atom is 0.269 e. The summed E-state index contributed by atoms with van der Waals surface area (Å²) in [4.78, 5) is 24.9. The van der Waals surface area contributed by atoms with Crippen LogP contribution in [0.1, 0.15) is 18.1 Å². The monoisotopic (exact) mass is 430 g/mol. The zero-order chi connectivity index (χ0) is 21.0. The number of nitrogens with zero attached hydrogens (tertiary/aromatic N) is 2. The van der Waals surface area contributed by atoms with Crippen LogP contribution in [0.5, 0.6) is 11.5 Å². The minimum Gasteiger partial charge on any atom is -0.493 e. The molecule has 0 atom stereocenters. The van der Waals surface area contributed by atoms with Crippen molar-refractivity contribution >= 4 is 46.0 Å². The largest absolute Gasteiger partial charge is 0.493 e. The molecule has 9 heteroatoms. The van der Waals surface area contributed by atoms with Crippen molar-refractivity contribution in [2.45, 2.75) is 13.5 Å². The number of carbonyl (C=O) groups is 1. The predicted octanol–water partition coefficient (Wildman–Crippen LogP) is 4.40. The first kappa shape index (κ1) is 20.8. The predicted molar refractivity (Wildman–Crippen MR) is 116 cm³/mol. The van der Waals surface area contributed by atoms with Gasteiger partial charge in [0.15, 0.2) is 11.5 Å². The van der Waals surface area contributed by atoms with Gasteiger partial charge in [-0.25, -0.2) is 0 Å². The van der Waals surface area contributed by atoms with Gasteiger partial charge in [-0.05, 0) is 36.3 Å². The highest BCUT2D eigenvalue weighted by molar-refractivity contribution is 8.26. The molecule has 1 heterocycles. The number of hydrogen-bond donors (Lipinski definition) is 0. The smallest absolute Gasteiger partial charge is 0.269 e. The van der Waals surface area contributed by atoms with Crippen LogP contribution in [0.25, 0.3) is 6.08 Å². The number of methoxy groups -OCH3 is 1. The summed E-state index contributed by atoms with van der Waals surface area (Å²) in [6.07, 6.45) is 1.77. The van der Waals surface area contributed by atoms with E-state index < -0.39 is 4.92 Å². The van der Waals surface area contributed by atoms with Gasteiger partial charge < -0.3 is 9.47 Å². The molecule has 0 unspecified atom stereocenters. The van der Waals surface area contributed by atoms with E-state index in [1.165, 1.54) is 31.0 Å². The van der Waals surface area contributed by atoms with Crippen molar-refractivity contribution in [3.8, 4) is 11.5 Å². The van der Waals surface area contributed by atoms with Gasteiger partial charge in [-0.2, -0.15) is 0 Å². The Morgan fingerprint density at radius 2 is 2.03 bits per heavy atom. The van der Waals surface area contributed by atoms with Crippen LogP contribution in [0.4, 0.5) is 5.69 Å². The Balaban J connectivity index is 1.77. The third kappa shape index (κ3) is 4.75. The summed E-state index contributed by atoms with van der Waals surface area (Å²) >= 11 is 6.50. The number of nitro groups is 1. The van der Waals surface area contributed by atoms with E-state index in [9.17, 15) is 14.9 Å². The maximum absolute atomic E-state index is 12.4. The Morgan fingerprint density at radius 3 is 2.69 bits per heavy atom. The second-order valence-electron chi connectivity index (χ2n) is 6.05. The molecule has 1 fully saturated rings. The van der Waals surface area contributed by atoms with Crippen molar-refractivity contribution < 1.29 is 19.2 Å². The highest BCUT2D eigenvalue weighted by atomic mass is 32.2. The van der Waals surface area contributed by atoms with Crippen molar-refractivity contribution in [2.75, 3.05) is 13.7 Å². The van der Waals surface area contributed by atoms with Crippen molar-refractivity contribution in [2.24, 2.45) is 0 Å². The van der Waals surface area contributed by atoms with E-state index in [-0.39, 0.29) is 18.2 Å². The number of thioether (sulfide) groups is 1. The number of thiocarbonyl (C=S) groups is 1. The van der Waals surface area contributed by atoms with Crippen molar-refractivity contribution in [1.29, 1.82) is 0 Å². The molecule has 1 amide bonds. The van der Waals surface area contributed by atoms with Gasteiger partial charge in [-0.3, -0.25) is 19.8 Å². The number of hydrogen-bond acceptors (Lipinski definition) is 7. The summed E-state index contributed by atoms with van der Waals surface area (Å²) in [5, 5.41) is 10.9. The fourth-order valence-electron chi connectivity index (χ4n) is 2.74. The lowest BCUT2D eigenvalue weighted by atomic mass is 10.1. The number of ether oxygens (including phenoxy) is 2. The van der Waals surface area contributed by atoms with E-state index in [1.807, 2.05) is 13.0 Å². The minimum atomic E-state index is -0.444. The highest BCUT2D eigenvalue weighted by Crippen LogP contribution is 2.34. The van der Waals surface area contributed by atoms with Crippen LogP contribution in [-0.2, 0) is 11.4 Å². The Hall–Kier alpha value is -2.91. The number of benzene rings is 2. The molecule has 2 aromatic rings. The van der Waals surface area contributed by atoms with Crippen molar-refractivity contribution in [3.63, 3.8) is 0 Å². The van der Waals surface area contributed by atoms with Gasteiger partial charge in [-0.1, -0.05) is 42.2 Å². The third-order valence-electron chi connectivity index (χ3n) is 4.19. The zero-order valence-corrected chi connectivity index (χ0v) is 17.4. The van der Waals surface area contributed by atoms with Crippen LogP contribution < -0.4 is 9.47 Å². The number of non-ortho nitro benzene ring substituents is 1. The lowest BCUT2D eigenvalue weighted by Gasteiger charge is -2.12. The second kappa shape index (κ2) is 9.06. The van der Waals surface area contributed by atoms with E-state index in [0.29, 0.717) is 32.8 Å². The standard InChI is InChI=1S/C20H18N2O5S2/c1-3-21-19(23)18(29-20(21)28)11-13-7-8-16(17(10-13)26-2)27-12-14-5-4-6-15(9-14)22(24)25/h4-11H,3,12H2,1-2H3/b18-11+. The molecule has 1 aliphatic rings. The average Bonchev–Trinajstić information content (AvgIpc) is 2.99. The van der Waals surface area contributed by atoms with E-state index >= 15 is 0 Å². The number of amides is 1. The van der Waals surface area contributed by atoms with Gasteiger partial charge in [0, 0.05) is 18.7 Å². The van der Waals surface area contributed by atoms with Crippen LogP contribution in [0.3, 0.4) is 0 Å². The molecule has 0 aliphatic carbocycles. The van der Waals surface area contributed by atoms with Gasteiger partial charge in [0.05, 0.1) is 16.9 Å². The average molecular weight is 431 g/mol. The van der Waals surface area contributed by atoms with Gasteiger partial charge in [-0.15, -0.1) is 0 Å². The fourth-order valence-corrected chi connectivity index (χ4v) is 4.12. The SMILES string of the molecule is CCN1C(=O)/C(=C\c2ccc(OCc3cccc([N+](=O)[O-])c3)c(OC)c2)SC1=S.